The zero-order valence-electron chi connectivity index (χ0n) is 17.9. The fourth-order valence-electron chi connectivity index (χ4n) is 3.81. The molecule has 158 valence electrons. The van der Waals surface area contributed by atoms with Crippen molar-refractivity contribution in [2.45, 2.75) is 39.7 Å². The number of carbonyl (C=O) groups excluding carboxylic acids is 1. The second-order valence-corrected chi connectivity index (χ2v) is 8.29. The first kappa shape index (κ1) is 20.9. The van der Waals surface area contributed by atoms with E-state index in [0.717, 1.165) is 40.9 Å². The molecule has 0 fully saturated rings. The van der Waals surface area contributed by atoms with E-state index < -0.39 is 0 Å². The van der Waals surface area contributed by atoms with Crippen molar-refractivity contribution < 1.29 is 9.90 Å². The molecule has 5 nitrogen and oxygen atoms in total. The Kier molecular flexibility index (Phi) is 6.23. The maximum atomic E-state index is 12.5. The van der Waals surface area contributed by atoms with Crippen molar-refractivity contribution in [2.24, 2.45) is 5.92 Å². The van der Waals surface area contributed by atoms with E-state index in [1.807, 2.05) is 74.5 Å². The molecule has 0 radical (unpaired) electrons. The van der Waals surface area contributed by atoms with Crippen LogP contribution in [0.25, 0.3) is 23.4 Å². The van der Waals surface area contributed by atoms with Crippen molar-refractivity contribution in [3.05, 3.63) is 76.6 Å². The van der Waals surface area contributed by atoms with Gasteiger partial charge < -0.3 is 10.4 Å². The Morgan fingerprint density at radius 3 is 2.65 bits per heavy atom. The third kappa shape index (κ3) is 4.89. The molecule has 1 amide bonds. The fraction of sp³-hybridized carbons (Fsp3) is 0.269. The highest BCUT2D eigenvalue weighted by molar-refractivity contribution is 5.92. The number of nitrogens with zero attached hydrogens (tertiary/aromatic N) is 2. The van der Waals surface area contributed by atoms with Gasteiger partial charge in [-0.15, -0.1) is 0 Å². The van der Waals surface area contributed by atoms with Gasteiger partial charge in [-0.25, -0.2) is 9.97 Å². The topological polar surface area (TPSA) is 75.1 Å². The molecule has 0 saturated heterocycles. The van der Waals surface area contributed by atoms with Gasteiger partial charge in [0.15, 0.2) is 5.82 Å². The maximum absolute atomic E-state index is 12.5. The zero-order valence-corrected chi connectivity index (χ0v) is 17.9. The van der Waals surface area contributed by atoms with Crippen LogP contribution >= 0.6 is 0 Å². The largest absolute Gasteiger partial charge is 0.392 e. The van der Waals surface area contributed by atoms with Crippen LogP contribution in [0.5, 0.6) is 0 Å². The minimum atomic E-state index is -0.0533. The Bertz CT molecular complexity index is 1120. The van der Waals surface area contributed by atoms with Crippen LogP contribution in [0.1, 0.15) is 48.3 Å². The van der Waals surface area contributed by atoms with E-state index in [9.17, 15) is 9.90 Å². The number of carbonyl (C=O) groups is 1. The minimum Gasteiger partial charge on any atom is -0.392 e. The van der Waals surface area contributed by atoms with Gasteiger partial charge >= 0.3 is 0 Å². The molecule has 0 bridgehead atoms. The van der Waals surface area contributed by atoms with Gasteiger partial charge in [-0.05, 0) is 41.5 Å². The summed E-state index contributed by atoms with van der Waals surface area (Å²) in [5, 5.41) is 12.4. The number of aromatic nitrogens is 2. The summed E-state index contributed by atoms with van der Waals surface area (Å²) in [6, 6.07) is 16.0. The Morgan fingerprint density at radius 2 is 1.90 bits per heavy atom. The number of hydrogen-bond acceptors (Lipinski definition) is 4. The van der Waals surface area contributed by atoms with Crippen molar-refractivity contribution in [3.8, 4) is 11.3 Å². The number of aliphatic hydroxyl groups is 1. The molecule has 31 heavy (non-hydrogen) atoms. The second kappa shape index (κ2) is 9.23. The van der Waals surface area contributed by atoms with Gasteiger partial charge in [0.2, 0.25) is 5.91 Å². The van der Waals surface area contributed by atoms with Gasteiger partial charge in [-0.2, -0.15) is 0 Å². The number of anilines is 1. The van der Waals surface area contributed by atoms with Crippen LogP contribution in [0.4, 0.5) is 5.82 Å². The van der Waals surface area contributed by atoms with E-state index in [-0.39, 0.29) is 18.4 Å². The third-order valence-electron chi connectivity index (χ3n) is 5.32. The van der Waals surface area contributed by atoms with E-state index in [4.69, 9.17) is 9.97 Å². The van der Waals surface area contributed by atoms with Crippen LogP contribution < -0.4 is 5.32 Å². The average Bonchev–Trinajstić information content (AvgIpc) is 2.77. The number of rotatable bonds is 6. The molecule has 2 N–H and O–H groups in total. The van der Waals surface area contributed by atoms with Crippen LogP contribution in [0.3, 0.4) is 0 Å². The highest BCUT2D eigenvalue weighted by atomic mass is 16.3. The summed E-state index contributed by atoms with van der Waals surface area (Å²) in [6.45, 7) is 4.06. The highest BCUT2D eigenvalue weighted by Gasteiger charge is 2.22. The molecule has 0 unspecified atom stereocenters. The van der Waals surface area contributed by atoms with Crippen molar-refractivity contribution >= 4 is 23.9 Å². The summed E-state index contributed by atoms with van der Waals surface area (Å²) in [7, 11) is 0. The lowest BCUT2D eigenvalue weighted by Crippen LogP contribution is -2.18. The first-order valence-electron chi connectivity index (χ1n) is 10.7. The standard InChI is InChI=1S/C26H27N3O2/c1-17(2)14-24(31)29-26-23(12-9-18-6-4-3-5-7-18)27-25-21-11-8-19(16-30)15-20(21)10-13-22(25)28-26/h3-9,11-12,15,17,30H,10,13-14,16H2,1-2H3,(H,28,29,31). The normalized spacial score (nSPS) is 12.6. The summed E-state index contributed by atoms with van der Waals surface area (Å²) in [5.41, 5.74) is 6.54. The van der Waals surface area contributed by atoms with E-state index in [1.165, 1.54) is 5.56 Å². The van der Waals surface area contributed by atoms with E-state index in [2.05, 4.69) is 5.32 Å². The molecule has 1 aliphatic rings. The molecule has 0 spiro atoms. The second-order valence-electron chi connectivity index (χ2n) is 8.29. The SMILES string of the molecule is CC(C)CC(=O)Nc1nc2c(nc1C=Cc1ccccc1)-c1ccc(CO)cc1CC2. The lowest BCUT2D eigenvalue weighted by molar-refractivity contribution is -0.116. The summed E-state index contributed by atoms with van der Waals surface area (Å²) in [4.78, 5) is 22.2. The monoisotopic (exact) mass is 413 g/mol. The molecule has 0 atom stereocenters. The first-order chi connectivity index (χ1) is 15.0. The highest BCUT2D eigenvalue weighted by Crippen LogP contribution is 2.34. The smallest absolute Gasteiger partial charge is 0.225 e. The number of fused-ring (bicyclic) bond motifs is 3. The van der Waals surface area contributed by atoms with Gasteiger partial charge in [0.05, 0.1) is 18.0 Å². The number of aryl methyl sites for hydroxylation is 2. The first-order valence-corrected chi connectivity index (χ1v) is 10.7. The molecule has 0 aliphatic heterocycles. The van der Waals surface area contributed by atoms with Crippen LogP contribution in [0.15, 0.2) is 48.5 Å². The van der Waals surface area contributed by atoms with Crippen molar-refractivity contribution in [2.75, 3.05) is 5.32 Å². The molecule has 1 aliphatic carbocycles. The number of nitrogens with one attached hydrogen (secondary N) is 1. The molecular formula is C26H27N3O2. The van der Waals surface area contributed by atoms with Crippen LogP contribution in [-0.2, 0) is 24.2 Å². The zero-order chi connectivity index (χ0) is 21.8. The summed E-state index contributed by atoms with van der Waals surface area (Å²) < 4.78 is 0. The number of amides is 1. The predicted molar refractivity (Wildman–Crippen MR) is 124 cm³/mol. The van der Waals surface area contributed by atoms with E-state index >= 15 is 0 Å². The molecule has 5 heteroatoms. The predicted octanol–water partition coefficient (Wildman–Crippen LogP) is 4.89. The van der Waals surface area contributed by atoms with Crippen LogP contribution in [0.2, 0.25) is 0 Å². The van der Waals surface area contributed by atoms with Gasteiger partial charge in [-0.1, -0.05) is 68.5 Å². The lowest BCUT2D eigenvalue weighted by Gasteiger charge is -2.21. The van der Waals surface area contributed by atoms with Crippen molar-refractivity contribution in [1.82, 2.24) is 9.97 Å². The van der Waals surface area contributed by atoms with Crippen LogP contribution in [0, 0.1) is 5.92 Å². The summed E-state index contributed by atoms with van der Waals surface area (Å²) in [5.74, 6) is 0.718. The molecule has 2 aromatic carbocycles. The Balaban J connectivity index is 1.76. The molecule has 4 rings (SSSR count). The van der Waals surface area contributed by atoms with Gasteiger partial charge in [0.1, 0.15) is 5.69 Å². The van der Waals surface area contributed by atoms with Gasteiger partial charge in [0, 0.05) is 12.0 Å². The minimum absolute atomic E-state index is 0.0255. The third-order valence-corrected chi connectivity index (χ3v) is 5.32. The Hall–Kier alpha value is -3.31. The van der Waals surface area contributed by atoms with Crippen molar-refractivity contribution in [3.63, 3.8) is 0 Å². The average molecular weight is 414 g/mol. The van der Waals surface area contributed by atoms with Crippen molar-refractivity contribution in [1.29, 1.82) is 0 Å². The Labute approximate surface area is 182 Å². The fourth-order valence-corrected chi connectivity index (χ4v) is 3.81. The Morgan fingerprint density at radius 1 is 1.10 bits per heavy atom. The number of aliphatic hydroxyl groups excluding tert-OH is 1. The molecule has 1 heterocycles. The van der Waals surface area contributed by atoms with Gasteiger partial charge in [-0.3, -0.25) is 4.79 Å². The number of hydrogen-bond donors (Lipinski definition) is 2. The number of benzene rings is 2. The lowest BCUT2D eigenvalue weighted by atomic mass is 9.90. The van der Waals surface area contributed by atoms with E-state index in [0.29, 0.717) is 17.9 Å². The van der Waals surface area contributed by atoms with E-state index in [1.54, 1.807) is 0 Å². The quantitative estimate of drug-likeness (QED) is 0.603. The maximum Gasteiger partial charge on any atom is 0.225 e. The molecule has 1 aromatic heterocycles. The summed E-state index contributed by atoms with van der Waals surface area (Å²) in [6.07, 6.45) is 5.91. The molecular weight excluding hydrogens is 386 g/mol. The van der Waals surface area contributed by atoms with Gasteiger partial charge in [0.25, 0.3) is 0 Å². The summed E-state index contributed by atoms with van der Waals surface area (Å²) >= 11 is 0. The molecule has 0 saturated carbocycles. The molecule has 3 aromatic rings. The van der Waals surface area contributed by atoms with Crippen LogP contribution in [-0.4, -0.2) is 21.0 Å².